The first kappa shape index (κ1) is 46.7. The molecule has 3 heterocycles. The van der Waals surface area contributed by atoms with E-state index in [9.17, 15) is 34.4 Å². The van der Waals surface area contributed by atoms with Crippen LogP contribution in [0.2, 0.25) is 5.02 Å². The number of anilines is 2. The van der Waals surface area contributed by atoms with Gasteiger partial charge in [0.25, 0.3) is 19.9 Å². The van der Waals surface area contributed by atoms with Gasteiger partial charge >= 0.3 is 5.51 Å². The smallest absolute Gasteiger partial charge is 0.380 e. The molecule has 0 amide bonds. The van der Waals surface area contributed by atoms with Crippen LogP contribution < -0.4 is 10.0 Å². The number of nitrogens with zero attached hydrogens (tertiary/aromatic N) is 5. The van der Waals surface area contributed by atoms with Crippen molar-refractivity contribution >= 4 is 54.7 Å². The normalized spacial score (nSPS) is 16.2. The molecule has 336 valence electrons. The molecule has 1 saturated heterocycles. The van der Waals surface area contributed by atoms with E-state index < -0.39 is 41.2 Å². The van der Waals surface area contributed by atoms with Crippen LogP contribution >= 0.6 is 23.4 Å². The summed E-state index contributed by atoms with van der Waals surface area (Å²) in [4.78, 5) is 14.2. The van der Waals surface area contributed by atoms with Crippen molar-refractivity contribution in [3.63, 3.8) is 0 Å². The lowest BCUT2D eigenvalue weighted by Gasteiger charge is -2.40. The minimum Gasteiger partial charge on any atom is -0.380 e. The lowest BCUT2D eigenvalue weighted by Crippen LogP contribution is -2.46. The summed E-state index contributed by atoms with van der Waals surface area (Å²) >= 11 is 7.53. The molecule has 0 saturated carbocycles. The topological polar surface area (TPSA) is 128 Å². The highest BCUT2D eigenvalue weighted by molar-refractivity contribution is 7.99. The van der Waals surface area contributed by atoms with E-state index in [-0.39, 0.29) is 23.4 Å². The number of hydrogen-bond acceptors (Lipinski definition) is 11. The van der Waals surface area contributed by atoms with E-state index in [4.69, 9.17) is 11.6 Å². The van der Waals surface area contributed by atoms with Gasteiger partial charge < -0.3 is 10.2 Å². The molecule has 2 aliphatic heterocycles. The first-order valence-corrected chi connectivity index (χ1v) is 24.7. The summed E-state index contributed by atoms with van der Waals surface area (Å²) < 4.78 is 112. The molecule has 5 aromatic rings. The molecule has 1 unspecified atom stereocenters. The molecule has 19 heteroatoms. The van der Waals surface area contributed by atoms with Crippen LogP contribution in [0.15, 0.2) is 112 Å². The molecule has 0 aliphatic carbocycles. The first-order valence-electron chi connectivity index (χ1n) is 20.4. The number of benzene rings is 4. The van der Waals surface area contributed by atoms with E-state index in [1.54, 1.807) is 30.3 Å². The molecule has 2 N–H and O–H groups in total. The maximum Gasteiger partial charge on any atom is 0.501 e. The Labute approximate surface area is 375 Å². The Morgan fingerprint density at radius 1 is 0.921 bits per heavy atom. The quantitative estimate of drug-likeness (QED) is 0.0730. The van der Waals surface area contributed by atoms with Crippen LogP contribution in [0, 0.1) is 5.82 Å². The molecule has 0 spiro atoms. The van der Waals surface area contributed by atoms with Crippen molar-refractivity contribution in [2.45, 2.75) is 71.1 Å². The second-order valence-electron chi connectivity index (χ2n) is 16.0. The Morgan fingerprint density at radius 2 is 1.67 bits per heavy atom. The molecule has 0 bridgehead atoms. The van der Waals surface area contributed by atoms with Crippen LogP contribution in [0.25, 0.3) is 11.1 Å². The number of sulfone groups is 1. The summed E-state index contributed by atoms with van der Waals surface area (Å²) in [5.41, 5.74) is -1.70. The molecular formula is C44H48ClF4N7O4S3. The van der Waals surface area contributed by atoms with Crippen LogP contribution in [-0.2, 0) is 39.4 Å². The number of sulfonamides is 1. The molecule has 1 atom stereocenters. The lowest BCUT2D eigenvalue weighted by atomic mass is 9.96. The van der Waals surface area contributed by atoms with E-state index in [1.807, 2.05) is 37.2 Å². The van der Waals surface area contributed by atoms with E-state index in [0.29, 0.717) is 60.6 Å². The lowest BCUT2D eigenvalue weighted by molar-refractivity contribution is -0.0435. The summed E-state index contributed by atoms with van der Waals surface area (Å²) in [5, 5.41) is 3.49. The first-order chi connectivity index (χ1) is 30.0. The summed E-state index contributed by atoms with van der Waals surface area (Å²) in [6.07, 6.45) is 3.90. The van der Waals surface area contributed by atoms with Crippen LogP contribution in [-0.4, -0.2) is 105 Å². The molecule has 4 aromatic carbocycles. The van der Waals surface area contributed by atoms with E-state index >= 15 is 0 Å². The zero-order valence-electron chi connectivity index (χ0n) is 34.7. The molecule has 2 aliphatic rings. The highest BCUT2D eigenvalue weighted by Crippen LogP contribution is 2.38. The molecule has 1 fully saturated rings. The molecule has 1 aromatic heterocycles. The highest BCUT2D eigenvalue weighted by atomic mass is 35.5. The Morgan fingerprint density at radius 3 is 2.38 bits per heavy atom. The van der Waals surface area contributed by atoms with Gasteiger partial charge in [-0.2, -0.15) is 13.2 Å². The number of likely N-dealkylation sites (tertiary alicyclic amines) is 1. The fourth-order valence-corrected chi connectivity index (χ4v) is 11.3. The van der Waals surface area contributed by atoms with E-state index in [2.05, 4.69) is 41.9 Å². The zero-order valence-corrected chi connectivity index (χ0v) is 37.9. The Bertz CT molecular complexity index is 2620. The van der Waals surface area contributed by atoms with Gasteiger partial charge in [0.15, 0.2) is 0 Å². The predicted molar refractivity (Wildman–Crippen MR) is 240 cm³/mol. The molecule has 0 radical (unpaired) electrons. The monoisotopic (exact) mass is 945 g/mol. The minimum atomic E-state index is -6.01. The van der Waals surface area contributed by atoms with Gasteiger partial charge in [-0.1, -0.05) is 54.1 Å². The van der Waals surface area contributed by atoms with Gasteiger partial charge in [0.05, 0.1) is 16.3 Å². The van der Waals surface area contributed by atoms with Gasteiger partial charge in [-0.25, -0.2) is 31.2 Å². The van der Waals surface area contributed by atoms with Crippen LogP contribution in [0.3, 0.4) is 0 Å². The van der Waals surface area contributed by atoms with Crippen molar-refractivity contribution < 1.29 is 34.4 Å². The van der Waals surface area contributed by atoms with Crippen molar-refractivity contribution in [2.24, 2.45) is 0 Å². The number of hydrogen-bond donors (Lipinski definition) is 2. The number of piperidine rings is 1. The summed E-state index contributed by atoms with van der Waals surface area (Å²) in [7, 11) is -6.98. The van der Waals surface area contributed by atoms with Crippen molar-refractivity contribution in [1.82, 2.24) is 24.7 Å². The average Bonchev–Trinajstić information content (AvgIpc) is 3.25. The summed E-state index contributed by atoms with van der Waals surface area (Å²) in [6, 6.07) is 24.1. The van der Waals surface area contributed by atoms with Gasteiger partial charge in [0, 0.05) is 53.0 Å². The number of nitrogens with one attached hydrogen (secondary N) is 2. The second kappa shape index (κ2) is 19.8. The maximum atomic E-state index is 14.2. The fraction of sp³-hybridized carbons (Fsp3) is 0.364. The number of aromatic nitrogens is 2. The Kier molecular flexibility index (Phi) is 14.7. The van der Waals surface area contributed by atoms with Gasteiger partial charge in [-0.05, 0) is 125 Å². The average molecular weight is 947 g/mol. The van der Waals surface area contributed by atoms with Crippen LogP contribution in [0.5, 0.6) is 0 Å². The van der Waals surface area contributed by atoms with Gasteiger partial charge in [0.2, 0.25) is 0 Å². The van der Waals surface area contributed by atoms with Crippen molar-refractivity contribution in [2.75, 3.05) is 56.1 Å². The summed E-state index contributed by atoms with van der Waals surface area (Å²) in [5.74, 6) is 0.0459. The third-order valence-electron chi connectivity index (χ3n) is 11.3. The predicted octanol–water partition coefficient (Wildman–Crippen LogP) is 8.58. The van der Waals surface area contributed by atoms with E-state index in [1.165, 1.54) is 30.2 Å². The number of alkyl halides is 3. The standard InChI is InChI=1S/C44H48ClF4N7O4S3/c1-54(2)20-16-34(28-61-36-8-5-7-32(45)24-36)52-40-15-14-37(25-42(40)62(57,58)44(47,48)49)63(59,60)53-43-39-19-23-56(27-41(39)50-29-51-43)35-17-21-55(22-18-35)26-31-6-3-4-9-38(31)30-10-12-33(46)13-11-30/h3-15,24-25,29,34-35,52H,16-23,26-28H2,1-2H3,(H,50,51,53). The minimum absolute atomic E-state index is 0.0153. The van der Waals surface area contributed by atoms with Crippen LogP contribution in [0.1, 0.15) is 36.1 Å². The van der Waals surface area contributed by atoms with Gasteiger partial charge in [0.1, 0.15) is 22.9 Å². The molecule has 63 heavy (non-hydrogen) atoms. The fourth-order valence-electron chi connectivity index (χ4n) is 7.93. The number of fused-ring (bicyclic) bond motifs is 1. The van der Waals surface area contributed by atoms with Crippen LogP contribution in [0.4, 0.5) is 29.1 Å². The third-order valence-corrected chi connectivity index (χ3v) is 15.6. The molecule has 11 nitrogen and oxygen atoms in total. The SMILES string of the molecule is CN(C)CCC(CSc1cccc(Cl)c1)Nc1ccc(S(=O)(=O)Nc2ncnc3c2CCN(C2CCN(Cc4ccccc4-c4ccc(F)cc4)CC2)C3)cc1S(=O)(=O)C(F)(F)F. The molecular weight excluding hydrogens is 898 g/mol. The van der Waals surface area contributed by atoms with Crippen molar-refractivity contribution in [1.29, 1.82) is 0 Å². The van der Waals surface area contributed by atoms with Gasteiger partial charge in [-0.15, -0.1) is 11.8 Å². The highest BCUT2D eigenvalue weighted by Gasteiger charge is 2.48. The van der Waals surface area contributed by atoms with Crippen molar-refractivity contribution in [3.05, 3.63) is 125 Å². The second-order valence-corrected chi connectivity index (χ2v) is 21.1. The number of halogens is 5. The number of thioether (sulfide) groups is 1. The zero-order chi connectivity index (χ0) is 44.9. The number of rotatable bonds is 16. The Hall–Kier alpha value is -4.30. The summed E-state index contributed by atoms with van der Waals surface area (Å²) in [6.45, 7) is 4.06. The largest absolute Gasteiger partial charge is 0.501 e. The third kappa shape index (κ3) is 11.5. The van der Waals surface area contributed by atoms with Crippen molar-refractivity contribution in [3.8, 4) is 11.1 Å². The van der Waals surface area contributed by atoms with E-state index in [0.717, 1.165) is 66.2 Å². The molecule has 7 rings (SSSR count). The Balaban J connectivity index is 1.04. The maximum absolute atomic E-state index is 14.2. The van der Waals surface area contributed by atoms with Gasteiger partial charge in [-0.3, -0.25) is 14.5 Å².